The van der Waals surface area contributed by atoms with E-state index < -0.39 is 9.84 Å². The van der Waals surface area contributed by atoms with Gasteiger partial charge in [0.2, 0.25) is 0 Å². The first kappa shape index (κ1) is 40.5. The minimum absolute atomic E-state index is 0. The summed E-state index contributed by atoms with van der Waals surface area (Å²) < 4.78 is 26.4. The number of hydrogen-bond donors (Lipinski definition) is 0. The standard InChI is InChI=1S/C32H61N5O3S.ClH/c1-9-19-34(20-10-2)23-13-25-36(26-14-24-35(21-11-3)22-12-4)32(38)37(29(5)6)27-28-41(39,40)31-17-15-30(16-18-31)33(7)8;/h15-18,29H,9-14,19-28H2,1-8H3;1H. The van der Waals surface area contributed by atoms with Crippen LogP contribution in [0.2, 0.25) is 0 Å². The molecule has 0 aliphatic heterocycles. The van der Waals surface area contributed by atoms with Crippen molar-refractivity contribution in [1.82, 2.24) is 19.6 Å². The molecule has 1 aromatic carbocycles. The summed E-state index contributed by atoms with van der Waals surface area (Å²) in [6.45, 7) is 20.6. The van der Waals surface area contributed by atoms with Gasteiger partial charge in [-0.2, -0.15) is 0 Å². The Kier molecular flexibility index (Phi) is 21.2. The Morgan fingerprint density at radius 2 is 1.12 bits per heavy atom. The van der Waals surface area contributed by atoms with Crippen molar-refractivity contribution in [3.63, 3.8) is 0 Å². The second-order valence-corrected chi connectivity index (χ2v) is 13.8. The summed E-state index contributed by atoms with van der Waals surface area (Å²) in [5, 5.41) is 0. The van der Waals surface area contributed by atoms with Crippen molar-refractivity contribution in [3.8, 4) is 0 Å². The fourth-order valence-electron chi connectivity index (χ4n) is 5.25. The summed E-state index contributed by atoms with van der Waals surface area (Å²) in [6, 6.07) is 6.82. The molecule has 8 nitrogen and oxygen atoms in total. The molecular formula is C32H62ClN5O3S. The Morgan fingerprint density at radius 1 is 0.690 bits per heavy atom. The molecule has 0 atom stereocenters. The number of amides is 2. The monoisotopic (exact) mass is 631 g/mol. The van der Waals surface area contributed by atoms with Crippen LogP contribution >= 0.6 is 12.4 Å². The zero-order valence-corrected chi connectivity index (χ0v) is 29.6. The molecule has 0 spiro atoms. The lowest BCUT2D eigenvalue weighted by Gasteiger charge is -2.34. The van der Waals surface area contributed by atoms with E-state index in [9.17, 15) is 13.2 Å². The van der Waals surface area contributed by atoms with E-state index in [1.165, 1.54) is 0 Å². The molecule has 0 saturated carbocycles. The first-order valence-electron chi connectivity index (χ1n) is 16.0. The van der Waals surface area contributed by atoms with Gasteiger partial charge in [-0.3, -0.25) is 0 Å². The molecule has 1 aromatic rings. The predicted octanol–water partition coefficient (Wildman–Crippen LogP) is 6.10. The van der Waals surface area contributed by atoms with Gasteiger partial charge in [0.1, 0.15) is 0 Å². The molecule has 0 aromatic heterocycles. The van der Waals surface area contributed by atoms with E-state index in [1.54, 1.807) is 17.0 Å². The summed E-state index contributed by atoms with van der Waals surface area (Å²) in [4.78, 5) is 24.9. The molecule has 0 heterocycles. The van der Waals surface area contributed by atoms with Crippen LogP contribution in [-0.2, 0) is 9.84 Å². The highest BCUT2D eigenvalue weighted by Gasteiger charge is 2.26. The van der Waals surface area contributed by atoms with Gasteiger partial charge in [-0.25, -0.2) is 13.2 Å². The van der Waals surface area contributed by atoms with E-state index in [-0.39, 0.29) is 36.8 Å². The Hall–Kier alpha value is -1.55. The first-order valence-corrected chi connectivity index (χ1v) is 17.7. The van der Waals surface area contributed by atoms with Crippen LogP contribution in [0.4, 0.5) is 10.5 Å². The molecule has 0 aliphatic rings. The van der Waals surface area contributed by atoms with Crippen LogP contribution in [0.5, 0.6) is 0 Å². The lowest BCUT2D eigenvalue weighted by molar-refractivity contribution is 0.136. The second kappa shape index (κ2) is 22.0. The van der Waals surface area contributed by atoms with Crippen molar-refractivity contribution in [1.29, 1.82) is 0 Å². The maximum atomic E-state index is 13.9. The lowest BCUT2D eigenvalue weighted by atomic mass is 10.2. The molecule has 0 aliphatic carbocycles. The van der Waals surface area contributed by atoms with Crippen LogP contribution in [0.25, 0.3) is 0 Å². The van der Waals surface area contributed by atoms with Gasteiger partial charge in [0.15, 0.2) is 9.84 Å². The Bertz CT molecular complexity index is 910. The normalized spacial score (nSPS) is 11.7. The number of urea groups is 1. The number of hydrogen-bond acceptors (Lipinski definition) is 6. The van der Waals surface area contributed by atoms with Crippen molar-refractivity contribution in [2.75, 3.05) is 83.7 Å². The van der Waals surface area contributed by atoms with Gasteiger partial charge in [-0.05, 0) is 116 Å². The lowest BCUT2D eigenvalue weighted by Crippen LogP contribution is -2.49. The van der Waals surface area contributed by atoms with E-state index in [1.807, 2.05) is 49.9 Å². The fourth-order valence-corrected chi connectivity index (χ4v) is 6.48. The highest BCUT2D eigenvalue weighted by atomic mass is 35.5. The van der Waals surface area contributed by atoms with Gasteiger partial charge >= 0.3 is 6.03 Å². The fraction of sp³-hybridized carbons (Fsp3) is 0.781. The molecule has 10 heteroatoms. The topological polar surface area (TPSA) is 67.4 Å². The van der Waals surface area contributed by atoms with Crippen LogP contribution < -0.4 is 4.90 Å². The molecule has 0 radical (unpaired) electrons. The number of nitrogens with zero attached hydrogens (tertiary/aromatic N) is 5. The van der Waals surface area contributed by atoms with Crippen LogP contribution in [0.3, 0.4) is 0 Å². The number of rotatable bonds is 22. The van der Waals surface area contributed by atoms with Crippen LogP contribution in [-0.4, -0.2) is 119 Å². The summed E-state index contributed by atoms with van der Waals surface area (Å²) in [6.07, 6.45) is 6.34. The smallest absolute Gasteiger partial charge is 0.320 e. The van der Waals surface area contributed by atoms with Crippen LogP contribution in [0.15, 0.2) is 29.2 Å². The van der Waals surface area contributed by atoms with Gasteiger partial charge < -0.3 is 24.5 Å². The number of anilines is 1. The maximum absolute atomic E-state index is 13.9. The third-order valence-corrected chi connectivity index (χ3v) is 9.13. The van der Waals surface area contributed by atoms with Gasteiger partial charge in [0.25, 0.3) is 0 Å². The van der Waals surface area contributed by atoms with E-state index in [4.69, 9.17) is 0 Å². The molecule has 42 heavy (non-hydrogen) atoms. The van der Waals surface area contributed by atoms with Gasteiger partial charge in [0, 0.05) is 45.5 Å². The highest BCUT2D eigenvalue weighted by Crippen LogP contribution is 2.18. The quantitative estimate of drug-likeness (QED) is 0.154. The largest absolute Gasteiger partial charge is 0.378 e. The third-order valence-electron chi connectivity index (χ3n) is 7.42. The van der Waals surface area contributed by atoms with E-state index in [2.05, 4.69) is 37.5 Å². The van der Waals surface area contributed by atoms with Crippen molar-refractivity contribution in [3.05, 3.63) is 24.3 Å². The molecule has 0 fully saturated rings. The van der Waals surface area contributed by atoms with Gasteiger partial charge in [-0.15, -0.1) is 12.4 Å². The summed E-state index contributed by atoms with van der Waals surface area (Å²) >= 11 is 0. The molecule has 246 valence electrons. The van der Waals surface area contributed by atoms with Crippen molar-refractivity contribution in [2.45, 2.75) is 91.0 Å². The number of halogens is 1. The number of benzene rings is 1. The number of sulfone groups is 1. The average molecular weight is 632 g/mol. The molecule has 0 N–H and O–H groups in total. The summed E-state index contributed by atoms with van der Waals surface area (Å²) in [5.41, 5.74) is 0.950. The van der Waals surface area contributed by atoms with Crippen LogP contribution in [0.1, 0.15) is 80.1 Å². The minimum atomic E-state index is -3.52. The van der Waals surface area contributed by atoms with E-state index in [0.717, 1.165) is 83.5 Å². The zero-order valence-electron chi connectivity index (χ0n) is 28.0. The molecule has 1 rings (SSSR count). The van der Waals surface area contributed by atoms with Crippen molar-refractivity contribution in [2.24, 2.45) is 0 Å². The van der Waals surface area contributed by atoms with Crippen molar-refractivity contribution < 1.29 is 13.2 Å². The molecule has 0 saturated heterocycles. The highest BCUT2D eigenvalue weighted by molar-refractivity contribution is 7.91. The minimum Gasteiger partial charge on any atom is -0.378 e. The Morgan fingerprint density at radius 3 is 1.48 bits per heavy atom. The molecular weight excluding hydrogens is 570 g/mol. The van der Waals surface area contributed by atoms with Crippen LogP contribution in [0, 0.1) is 0 Å². The van der Waals surface area contributed by atoms with E-state index in [0.29, 0.717) is 18.0 Å². The maximum Gasteiger partial charge on any atom is 0.320 e. The van der Waals surface area contributed by atoms with Gasteiger partial charge in [0.05, 0.1) is 10.6 Å². The van der Waals surface area contributed by atoms with E-state index >= 15 is 0 Å². The molecule has 0 bridgehead atoms. The summed E-state index contributed by atoms with van der Waals surface area (Å²) in [7, 11) is 0.340. The Balaban J connectivity index is 0.0000168. The van der Waals surface area contributed by atoms with Crippen molar-refractivity contribution >= 4 is 34.0 Å². The molecule has 2 amide bonds. The number of carbonyl (C=O) groups excluding carboxylic acids is 1. The second-order valence-electron chi connectivity index (χ2n) is 11.7. The first-order chi connectivity index (χ1) is 19.5. The van der Waals surface area contributed by atoms with Gasteiger partial charge in [-0.1, -0.05) is 27.7 Å². The average Bonchev–Trinajstić information content (AvgIpc) is 2.92. The predicted molar refractivity (Wildman–Crippen MR) is 182 cm³/mol. The number of carbonyl (C=O) groups is 1. The summed E-state index contributed by atoms with van der Waals surface area (Å²) in [5.74, 6) is -0.0897. The SMILES string of the molecule is CCCN(CCC)CCCN(CCCN(CCC)CCC)C(=O)N(CCS(=O)(=O)c1ccc(N(C)C)cc1)C(C)C.Cl. The third kappa shape index (κ3) is 14.8. The zero-order chi connectivity index (χ0) is 30.8. The Labute approximate surface area is 265 Å². The molecule has 0 unspecified atom stereocenters.